The predicted octanol–water partition coefficient (Wildman–Crippen LogP) is 2.17. The van der Waals surface area contributed by atoms with Crippen molar-refractivity contribution in [2.75, 3.05) is 13.2 Å². The Morgan fingerprint density at radius 2 is 1.73 bits per heavy atom. The van der Waals surface area contributed by atoms with Gasteiger partial charge in [-0.15, -0.1) is 0 Å². The number of benzene rings is 1. The second-order valence-corrected chi connectivity index (χ2v) is 5.68. The van der Waals surface area contributed by atoms with Crippen molar-refractivity contribution >= 4 is 6.09 Å². The van der Waals surface area contributed by atoms with Crippen molar-refractivity contribution in [3.63, 3.8) is 0 Å². The Morgan fingerprint density at radius 1 is 1.14 bits per heavy atom. The van der Waals surface area contributed by atoms with E-state index in [0.717, 1.165) is 12.0 Å². The zero-order chi connectivity index (χ0) is 17.0. The third-order valence-electron chi connectivity index (χ3n) is 2.37. The van der Waals surface area contributed by atoms with E-state index in [1.54, 1.807) is 24.3 Å². The van der Waals surface area contributed by atoms with E-state index in [9.17, 15) is 4.79 Å². The van der Waals surface area contributed by atoms with E-state index in [-0.39, 0.29) is 19.0 Å². The van der Waals surface area contributed by atoms with Crippen LogP contribution in [-0.4, -0.2) is 40.2 Å². The molecule has 1 amide bonds. The van der Waals surface area contributed by atoms with E-state index in [0.29, 0.717) is 13.0 Å². The molecule has 4 N–H and O–H groups in total. The van der Waals surface area contributed by atoms with Gasteiger partial charge in [0.15, 0.2) is 0 Å². The average molecular weight is 313 g/mol. The molecule has 1 aromatic rings. The van der Waals surface area contributed by atoms with E-state index >= 15 is 0 Å². The normalized spacial score (nSPS) is 10.4. The first-order valence-corrected chi connectivity index (χ1v) is 7.25. The first-order valence-electron chi connectivity index (χ1n) is 7.25. The second kappa shape index (κ2) is 10.9. The van der Waals surface area contributed by atoms with Crippen LogP contribution in [0.3, 0.4) is 0 Å². The number of amides is 1. The Morgan fingerprint density at radius 3 is 2.18 bits per heavy atom. The summed E-state index contributed by atoms with van der Waals surface area (Å²) >= 11 is 0. The van der Waals surface area contributed by atoms with Gasteiger partial charge in [-0.2, -0.15) is 0 Å². The summed E-state index contributed by atoms with van der Waals surface area (Å²) in [6.45, 7) is 6.20. The highest BCUT2D eigenvalue weighted by Gasteiger charge is 2.15. The molecule has 0 saturated heterocycles. The molecule has 0 heterocycles. The molecule has 1 rings (SSSR count). The van der Waals surface area contributed by atoms with Crippen LogP contribution in [-0.2, 0) is 11.3 Å². The maximum Gasteiger partial charge on any atom is 0.407 e. The quantitative estimate of drug-likeness (QED) is 0.624. The fourth-order valence-corrected chi connectivity index (χ4v) is 1.34. The number of aliphatic hydroxyl groups is 2. The number of rotatable bonds is 5. The number of hydrogen-bond donors (Lipinski definition) is 4. The van der Waals surface area contributed by atoms with Crippen molar-refractivity contribution in [3.05, 3.63) is 29.8 Å². The first kappa shape index (κ1) is 20.2. The van der Waals surface area contributed by atoms with Crippen molar-refractivity contribution in [3.8, 4) is 5.75 Å². The predicted molar refractivity (Wildman–Crippen MR) is 84.6 cm³/mol. The molecule has 0 radical (unpaired) electrons. The van der Waals surface area contributed by atoms with E-state index in [1.165, 1.54) is 0 Å². The van der Waals surface area contributed by atoms with Gasteiger partial charge in [-0.3, -0.25) is 0 Å². The van der Waals surface area contributed by atoms with Crippen LogP contribution in [0.1, 0.15) is 39.2 Å². The van der Waals surface area contributed by atoms with Crippen molar-refractivity contribution in [1.82, 2.24) is 5.32 Å². The Balaban J connectivity index is 0.000000425. The summed E-state index contributed by atoms with van der Waals surface area (Å²) in [4.78, 5) is 11.0. The monoisotopic (exact) mass is 313 g/mol. The lowest BCUT2D eigenvalue weighted by Gasteiger charge is -2.19. The van der Waals surface area contributed by atoms with Gasteiger partial charge in [-0.05, 0) is 51.3 Å². The maximum atomic E-state index is 11.0. The number of carbonyl (C=O) groups excluding carboxylic acids is 1. The summed E-state index contributed by atoms with van der Waals surface area (Å²) in [5.41, 5.74) is 0.369. The van der Waals surface area contributed by atoms with Crippen LogP contribution in [0.15, 0.2) is 24.3 Å². The number of unbranched alkanes of at least 4 members (excludes halogenated alkanes) is 1. The number of aliphatic hydroxyl groups excluding tert-OH is 2. The van der Waals surface area contributed by atoms with E-state index in [4.69, 9.17) is 20.1 Å². The Labute approximate surface area is 131 Å². The minimum atomic E-state index is -0.443. The van der Waals surface area contributed by atoms with Gasteiger partial charge in [0.2, 0.25) is 0 Å². The number of alkyl carbamates (subject to hydrolysis) is 1. The van der Waals surface area contributed by atoms with Crippen molar-refractivity contribution < 1.29 is 24.9 Å². The molecule has 0 saturated carbocycles. The van der Waals surface area contributed by atoms with Gasteiger partial charge in [0.1, 0.15) is 11.4 Å². The highest BCUT2D eigenvalue weighted by Crippen LogP contribution is 2.08. The number of carbonyl (C=O) groups is 1. The molecule has 6 heteroatoms. The third kappa shape index (κ3) is 12.0. The first-order chi connectivity index (χ1) is 10.3. The fraction of sp³-hybridized carbons (Fsp3) is 0.562. The van der Waals surface area contributed by atoms with Gasteiger partial charge < -0.3 is 25.4 Å². The lowest BCUT2D eigenvalue weighted by atomic mass is 10.2. The largest absolute Gasteiger partial charge is 0.508 e. The van der Waals surface area contributed by atoms with Crippen LogP contribution >= 0.6 is 0 Å². The van der Waals surface area contributed by atoms with Crippen LogP contribution in [0.2, 0.25) is 0 Å². The minimum absolute atomic E-state index is 0.0281. The molecule has 0 aliphatic carbocycles. The molecule has 0 bridgehead atoms. The minimum Gasteiger partial charge on any atom is -0.508 e. The average Bonchev–Trinajstić information content (AvgIpc) is 2.43. The second-order valence-electron chi connectivity index (χ2n) is 5.68. The van der Waals surface area contributed by atoms with Crippen LogP contribution in [0.4, 0.5) is 4.79 Å². The topological polar surface area (TPSA) is 99.0 Å². The Hall–Kier alpha value is -1.79. The highest BCUT2D eigenvalue weighted by atomic mass is 16.6. The summed E-state index contributed by atoms with van der Waals surface area (Å²) < 4.78 is 5.01. The van der Waals surface area contributed by atoms with Crippen molar-refractivity contribution in [2.45, 2.75) is 45.8 Å². The van der Waals surface area contributed by atoms with E-state index in [2.05, 4.69) is 5.32 Å². The zero-order valence-electron chi connectivity index (χ0n) is 13.5. The molecule has 6 nitrogen and oxygen atoms in total. The highest BCUT2D eigenvalue weighted by molar-refractivity contribution is 5.67. The third-order valence-corrected chi connectivity index (χ3v) is 2.37. The summed E-state index contributed by atoms with van der Waals surface area (Å²) in [7, 11) is 0. The van der Waals surface area contributed by atoms with Gasteiger partial charge >= 0.3 is 6.09 Å². The molecule has 22 heavy (non-hydrogen) atoms. The molecule has 0 atom stereocenters. The number of hydrogen-bond acceptors (Lipinski definition) is 5. The summed E-state index contributed by atoms with van der Waals surface area (Å²) in [6.07, 6.45) is 1.08. The molecular weight excluding hydrogens is 286 g/mol. The Bertz CT molecular complexity index is 412. The van der Waals surface area contributed by atoms with E-state index in [1.807, 2.05) is 20.8 Å². The number of phenolic OH excluding ortho intramolecular Hbond substituents is 1. The smallest absolute Gasteiger partial charge is 0.407 e. The summed E-state index contributed by atoms with van der Waals surface area (Å²) in [5, 5.41) is 28.4. The van der Waals surface area contributed by atoms with Crippen LogP contribution in [0, 0.1) is 0 Å². The lowest BCUT2D eigenvalue weighted by Crippen LogP contribution is -2.33. The molecule has 0 spiro atoms. The van der Waals surface area contributed by atoms with Crippen LogP contribution < -0.4 is 5.32 Å². The molecule has 126 valence electrons. The number of phenols is 1. The molecule has 0 aliphatic heterocycles. The summed E-state index contributed by atoms with van der Waals surface area (Å²) in [5.74, 6) is 0.229. The maximum absolute atomic E-state index is 11.0. The van der Waals surface area contributed by atoms with Gasteiger partial charge in [0.25, 0.3) is 0 Å². The Kier molecular flexibility index (Phi) is 9.98. The van der Waals surface area contributed by atoms with Crippen LogP contribution in [0.25, 0.3) is 0 Å². The number of nitrogens with one attached hydrogen (secondary N) is 1. The number of ether oxygens (including phenoxy) is 1. The molecule has 0 aromatic heterocycles. The van der Waals surface area contributed by atoms with Crippen LogP contribution in [0.5, 0.6) is 5.75 Å². The van der Waals surface area contributed by atoms with E-state index < -0.39 is 11.7 Å². The van der Waals surface area contributed by atoms with Crippen molar-refractivity contribution in [1.29, 1.82) is 0 Å². The standard InChI is InChI=1S/C9H19NO3.C7H8O2/c1-9(2,3)13-8(12)10-6-4-5-7-11;8-5-6-1-3-7(9)4-2-6/h11H,4-7H2,1-3H3,(H,10,12);1-4,8-9H,5H2. The summed E-state index contributed by atoms with van der Waals surface area (Å²) in [6, 6.07) is 6.45. The van der Waals surface area contributed by atoms with Gasteiger partial charge in [-0.1, -0.05) is 12.1 Å². The zero-order valence-corrected chi connectivity index (χ0v) is 13.5. The van der Waals surface area contributed by atoms with Gasteiger partial charge in [0.05, 0.1) is 6.61 Å². The number of aromatic hydroxyl groups is 1. The molecule has 0 unspecified atom stereocenters. The van der Waals surface area contributed by atoms with Gasteiger partial charge in [0, 0.05) is 13.2 Å². The van der Waals surface area contributed by atoms with Gasteiger partial charge in [-0.25, -0.2) is 4.79 Å². The lowest BCUT2D eigenvalue weighted by molar-refractivity contribution is 0.0526. The molecular formula is C16H27NO5. The molecule has 0 aliphatic rings. The molecule has 1 aromatic carbocycles. The SMILES string of the molecule is CC(C)(C)OC(=O)NCCCCO.OCc1ccc(O)cc1. The molecule has 0 fully saturated rings. The van der Waals surface area contributed by atoms with Crippen molar-refractivity contribution in [2.24, 2.45) is 0 Å². The fourth-order valence-electron chi connectivity index (χ4n) is 1.34.